The lowest BCUT2D eigenvalue weighted by molar-refractivity contribution is -0.203. The molecule has 4 nitrogen and oxygen atoms in total. The van der Waals surface area contributed by atoms with E-state index in [1.807, 2.05) is 0 Å². The summed E-state index contributed by atoms with van der Waals surface area (Å²) in [5.74, 6) is -2.23. The van der Waals surface area contributed by atoms with Crippen LogP contribution in [0.1, 0.15) is 13.3 Å². The standard InChI is InChI=1S/C5H8O4/c1-5(8)3(6)2-4(7)9-5/h3,6,8H,2H2,1H3/t3-,5+/m1/s1. The topological polar surface area (TPSA) is 66.8 Å². The molecular formula is C5H8O4. The van der Waals surface area contributed by atoms with Gasteiger partial charge in [0.15, 0.2) is 0 Å². The van der Waals surface area contributed by atoms with Gasteiger partial charge in [-0.2, -0.15) is 0 Å². The van der Waals surface area contributed by atoms with Crippen LogP contribution in [0.4, 0.5) is 0 Å². The van der Waals surface area contributed by atoms with E-state index in [2.05, 4.69) is 4.74 Å². The quantitative estimate of drug-likeness (QED) is 0.415. The van der Waals surface area contributed by atoms with Gasteiger partial charge in [0, 0.05) is 6.92 Å². The number of hydrogen-bond donors (Lipinski definition) is 2. The Morgan fingerprint density at radius 1 is 1.89 bits per heavy atom. The van der Waals surface area contributed by atoms with Crippen molar-refractivity contribution in [3.05, 3.63) is 0 Å². The molecule has 52 valence electrons. The summed E-state index contributed by atoms with van der Waals surface area (Å²) in [5, 5.41) is 17.8. The smallest absolute Gasteiger partial charge is 0.311 e. The summed E-state index contributed by atoms with van der Waals surface area (Å²) < 4.78 is 4.33. The lowest BCUT2D eigenvalue weighted by atomic mass is 10.2. The summed E-state index contributed by atoms with van der Waals surface area (Å²) in [6.07, 6.45) is -1.20. The van der Waals surface area contributed by atoms with E-state index in [-0.39, 0.29) is 6.42 Å². The van der Waals surface area contributed by atoms with Gasteiger partial charge in [-0.05, 0) is 0 Å². The van der Waals surface area contributed by atoms with E-state index < -0.39 is 17.9 Å². The Kier molecular flexibility index (Phi) is 1.22. The Bertz CT molecular complexity index is 140. The molecular weight excluding hydrogens is 124 g/mol. The van der Waals surface area contributed by atoms with Crippen molar-refractivity contribution in [1.82, 2.24) is 0 Å². The van der Waals surface area contributed by atoms with Gasteiger partial charge in [-0.1, -0.05) is 0 Å². The molecule has 2 N–H and O–H groups in total. The van der Waals surface area contributed by atoms with E-state index in [4.69, 9.17) is 10.2 Å². The lowest BCUT2D eigenvalue weighted by Gasteiger charge is -2.17. The van der Waals surface area contributed by atoms with Crippen molar-refractivity contribution < 1.29 is 19.7 Å². The molecule has 2 atom stereocenters. The number of ether oxygens (including phenoxy) is 1. The van der Waals surface area contributed by atoms with Crippen LogP contribution in [-0.4, -0.2) is 28.1 Å². The van der Waals surface area contributed by atoms with Crippen LogP contribution >= 0.6 is 0 Å². The molecule has 4 heteroatoms. The minimum absolute atomic E-state index is 0.118. The zero-order valence-electron chi connectivity index (χ0n) is 5.00. The largest absolute Gasteiger partial charge is 0.431 e. The van der Waals surface area contributed by atoms with Gasteiger partial charge in [0.25, 0.3) is 0 Å². The second-order valence-electron chi connectivity index (χ2n) is 2.25. The van der Waals surface area contributed by atoms with E-state index in [0.717, 1.165) is 0 Å². The number of cyclic esters (lactones) is 1. The predicted octanol–water partition coefficient (Wildman–Crippen LogP) is -0.997. The van der Waals surface area contributed by atoms with Gasteiger partial charge in [-0.3, -0.25) is 4.79 Å². The maximum Gasteiger partial charge on any atom is 0.311 e. The van der Waals surface area contributed by atoms with Gasteiger partial charge in [0.1, 0.15) is 6.10 Å². The molecule has 0 radical (unpaired) electrons. The number of hydrogen-bond acceptors (Lipinski definition) is 4. The van der Waals surface area contributed by atoms with Gasteiger partial charge in [0.2, 0.25) is 5.79 Å². The number of aliphatic hydroxyl groups is 2. The van der Waals surface area contributed by atoms with Gasteiger partial charge < -0.3 is 14.9 Å². The van der Waals surface area contributed by atoms with Crippen LogP contribution in [0.2, 0.25) is 0 Å². The summed E-state index contributed by atoms with van der Waals surface area (Å²) >= 11 is 0. The van der Waals surface area contributed by atoms with Crippen molar-refractivity contribution in [1.29, 1.82) is 0 Å². The van der Waals surface area contributed by atoms with Gasteiger partial charge in [-0.25, -0.2) is 0 Å². The van der Waals surface area contributed by atoms with Crippen molar-refractivity contribution in [3.8, 4) is 0 Å². The minimum atomic E-state index is -1.67. The minimum Gasteiger partial charge on any atom is -0.431 e. The molecule has 0 amide bonds. The Labute approximate surface area is 52.1 Å². The van der Waals surface area contributed by atoms with Crippen LogP contribution in [0.3, 0.4) is 0 Å². The van der Waals surface area contributed by atoms with Crippen molar-refractivity contribution >= 4 is 5.97 Å². The summed E-state index contributed by atoms with van der Waals surface area (Å²) in [6, 6.07) is 0. The average molecular weight is 132 g/mol. The lowest BCUT2D eigenvalue weighted by Crippen LogP contribution is -2.34. The highest BCUT2D eigenvalue weighted by Crippen LogP contribution is 2.22. The first-order valence-corrected chi connectivity index (χ1v) is 2.64. The molecule has 1 heterocycles. The van der Waals surface area contributed by atoms with Crippen LogP contribution in [-0.2, 0) is 9.53 Å². The number of aliphatic hydroxyl groups excluding tert-OH is 1. The Hall–Kier alpha value is -0.610. The summed E-state index contributed by atoms with van der Waals surface area (Å²) in [6.45, 7) is 1.25. The first-order chi connectivity index (χ1) is 4.02. The van der Waals surface area contributed by atoms with Gasteiger partial charge >= 0.3 is 5.97 Å². The molecule has 0 bridgehead atoms. The molecule has 1 rings (SSSR count). The normalized spacial score (nSPS) is 43.0. The fourth-order valence-corrected chi connectivity index (χ4v) is 0.687. The average Bonchev–Trinajstić information content (AvgIpc) is 1.79. The molecule has 0 spiro atoms. The van der Waals surface area contributed by atoms with E-state index in [1.54, 1.807) is 0 Å². The molecule has 1 aliphatic rings. The van der Waals surface area contributed by atoms with Crippen LogP contribution in [0.5, 0.6) is 0 Å². The molecule has 0 saturated carbocycles. The fourth-order valence-electron chi connectivity index (χ4n) is 0.687. The highest BCUT2D eigenvalue weighted by Gasteiger charge is 2.42. The molecule has 0 aromatic heterocycles. The van der Waals surface area contributed by atoms with Crippen molar-refractivity contribution in [2.45, 2.75) is 25.2 Å². The summed E-state index contributed by atoms with van der Waals surface area (Å²) in [4.78, 5) is 10.3. The summed E-state index contributed by atoms with van der Waals surface area (Å²) in [5.41, 5.74) is 0. The van der Waals surface area contributed by atoms with E-state index >= 15 is 0 Å². The second-order valence-corrected chi connectivity index (χ2v) is 2.25. The number of carbonyl (C=O) groups is 1. The Morgan fingerprint density at radius 2 is 2.44 bits per heavy atom. The Morgan fingerprint density at radius 3 is 2.56 bits per heavy atom. The molecule has 1 fully saturated rings. The predicted molar refractivity (Wildman–Crippen MR) is 27.3 cm³/mol. The fraction of sp³-hybridized carbons (Fsp3) is 0.800. The van der Waals surface area contributed by atoms with Crippen LogP contribution in [0.25, 0.3) is 0 Å². The molecule has 1 aliphatic heterocycles. The van der Waals surface area contributed by atoms with E-state index in [1.165, 1.54) is 6.92 Å². The number of carbonyl (C=O) groups excluding carboxylic acids is 1. The Balaban J connectivity index is 2.69. The highest BCUT2D eigenvalue weighted by atomic mass is 16.7. The molecule has 1 saturated heterocycles. The first-order valence-electron chi connectivity index (χ1n) is 2.64. The zero-order valence-corrected chi connectivity index (χ0v) is 5.00. The molecule has 0 aliphatic carbocycles. The van der Waals surface area contributed by atoms with Crippen molar-refractivity contribution in [3.63, 3.8) is 0 Å². The third-order valence-corrected chi connectivity index (χ3v) is 1.30. The third kappa shape index (κ3) is 1.04. The van der Waals surface area contributed by atoms with Crippen molar-refractivity contribution in [2.75, 3.05) is 0 Å². The maximum absolute atomic E-state index is 10.3. The van der Waals surface area contributed by atoms with E-state index in [0.29, 0.717) is 0 Å². The van der Waals surface area contributed by atoms with Crippen LogP contribution < -0.4 is 0 Å². The number of rotatable bonds is 0. The SMILES string of the molecule is C[C@]1(O)OC(=O)C[C@H]1O. The molecule has 0 unspecified atom stereocenters. The number of esters is 1. The second kappa shape index (κ2) is 1.68. The van der Waals surface area contributed by atoms with E-state index in [9.17, 15) is 4.79 Å². The highest BCUT2D eigenvalue weighted by molar-refractivity contribution is 5.72. The van der Waals surface area contributed by atoms with Crippen molar-refractivity contribution in [2.24, 2.45) is 0 Å². The molecule has 0 aromatic carbocycles. The monoisotopic (exact) mass is 132 g/mol. The van der Waals surface area contributed by atoms with Crippen LogP contribution in [0.15, 0.2) is 0 Å². The first kappa shape index (κ1) is 6.51. The van der Waals surface area contributed by atoms with Gasteiger partial charge in [0.05, 0.1) is 6.42 Å². The summed E-state index contributed by atoms with van der Waals surface area (Å²) in [7, 11) is 0. The molecule has 0 aromatic rings. The molecule has 9 heavy (non-hydrogen) atoms. The van der Waals surface area contributed by atoms with Gasteiger partial charge in [-0.15, -0.1) is 0 Å². The van der Waals surface area contributed by atoms with Crippen LogP contribution in [0, 0.1) is 0 Å². The third-order valence-electron chi connectivity index (χ3n) is 1.30. The maximum atomic E-state index is 10.3. The zero-order chi connectivity index (χ0) is 7.07.